The number of rotatable bonds is 6. The molecule has 3 rings (SSSR count). The zero-order valence-electron chi connectivity index (χ0n) is 15.7. The van der Waals surface area contributed by atoms with E-state index in [0.717, 1.165) is 4.47 Å². The summed E-state index contributed by atoms with van der Waals surface area (Å²) in [5.41, 5.74) is 1.50. The Kier molecular flexibility index (Phi) is 6.56. The fourth-order valence-electron chi connectivity index (χ4n) is 2.94. The zero-order chi connectivity index (χ0) is 21.0. The molecule has 2 aromatic carbocycles. The molecular weight excluding hydrogens is 441 g/mol. The monoisotopic (exact) mass is 459 g/mol. The Labute approximate surface area is 175 Å². The number of hydrogen-bond donors (Lipinski definition) is 2. The molecule has 1 heterocycles. The average Bonchev–Trinajstić information content (AvgIpc) is 2.69. The lowest BCUT2D eigenvalue weighted by Gasteiger charge is -2.16. The first-order valence-corrected chi connectivity index (χ1v) is 9.71. The van der Waals surface area contributed by atoms with Gasteiger partial charge in [-0.15, -0.1) is 0 Å². The SMILES string of the molecule is Cc1nc(-c2ccc(F)cc2)n(CC(=O)Nc2ccc(Br)cc2)c(=O)c1CCO. The third kappa shape index (κ3) is 4.96. The highest BCUT2D eigenvalue weighted by Crippen LogP contribution is 2.19. The quantitative estimate of drug-likeness (QED) is 0.592. The summed E-state index contributed by atoms with van der Waals surface area (Å²) in [5, 5.41) is 12.0. The second kappa shape index (κ2) is 9.11. The molecule has 0 radical (unpaired) electrons. The molecule has 0 saturated carbocycles. The molecule has 29 heavy (non-hydrogen) atoms. The lowest BCUT2D eigenvalue weighted by atomic mass is 10.1. The van der Waals surface area contributed by atoms with Gasteiger partial charge in [-0.25, -0.2) is 9.37 Å². The number of amides is 1. The maximum Gasteiger partial charge on any atom is 0.257 e. The summed E-state index contributed by atoms with van der Waals surface area (Å²) < 4.78 is 15.4. The molecule has 2 N–H and O–H groups in total. The molecule has 150 valence electrons. The van der Waals surface area contributed by atoms with Crippen molar-refractivity contribution in [2.24, 2.45) is 0 Å². The Morgan fingerprint density at radius 2 is 1.83 bits per heavy atom. The van der Waals surface area contributed by atoms with E-state index in [2.05, 4.69) is 26.2 Å². The average molecular weight is 460 g/mol. The molecule has 1 amide bonds. The van der Waals surface area contributed by atoms with Crippen molar-refractivity contribution in [2.45, 2.75) is 19.9 Å². The van der Waals surface area contributed by atoms with Gasteiger partial charge in [0, 0.05) is 40.0 Å². The van der Waals surface area contributed by atoms with Crippen LogP contribution >= 0.6 is 15.9 Å². The fraction of sp³-hybridized carbons (Fsp3) is 0.190. The molecule has 1 aromatic heterocycles. The van der Waals surface area contributed by atoms with Crippen LogP contribution < -0.4 is 10.9 Å². The number of hydrogen-bond acceptors (Lipinski definition) is 4. The van der Waals surface area contributed by atoms with E-state index in [1.807, 2.05) is 0 Å². The van der Waals surface area contributed by atoms with E-state index >= 15 is 0 Å². The van der Waals surface area contributed by atoms with Crippen LogP contribution in [0.4, 0.5) is 10.1 Å². The third-order valence-electron chi connectivity index (χ3n) is 4.36. The van der Waals surface area contributed by atoms with E-state index in [9.17, 15) is 19.1 Å². The van der Waals surface area contributed by atoms with Gasteiger partial charge in [0.25, 0.3) is 5.56 Å². The molecule has 0 saturated heterocycles. The second-order valence-corrected chi connectivity index (χ2v) is 7.34. The van der Waals surface area contributed by atoms with Crippen molar-refractivity contribution in [3.63, 3.8) is 0 Å². The number of anilines is 1. The Morgan fingerprint density at radius 3 is 2.45 bits per heavy atom. The molecule has 0 atom stereocenters. The number of nitrogens with zero attached hydrogens (tertiary/aromatic N) is 2. The van der Waals surface area contributed by atoms with Gasteiger partial charge in [-0.05, 0) is 55.5 Å². The van der Waals surface area contributed by atoms with Gasteiger partial charge in [0.1, 0.15) is 18.2 Å². The van der Waals surface area contributed by atoms with E-state index in [4.69, 9.17) is 0 Å². The van der Waals surface area contributed by atoms with Crippen molar-refractivity contribution in [3.8, 4) is 11.4 Å². The smallest absolute Gasteiger partial charge is 0.257 e. The van der Waals surface area contributed by atoms with Gasteiger partial charge in [-0.3, -0.25) is 14.2 Å². The molecule has 0 unspecified atom stereocenters. The molecule has 0 aliphatic heterocycles. The highest BCUT2D eigenvalue weighted by Gasteiger charge is 2.18. The van der Waals surface area contributed by atoms with Crippen LogP contribution in [0.15, 0.2) is 57.8 Å². The number of benzene rings is 2. The summed E-state index contributed by atoms with van der Waals surface area (Å²) in [4.78, 5) is 30.1. The normalized spacial score (nSPS) is 10.8. The van der Waals surface area contributed by atoms with Crippen LogP contribution in [0.2, 0.25) is 0 Å². The predicted octanol–water partition coefficient (Wildman–Crippen LogP) is 3.29. The van der Waals surface area contributed by atoms with Gasteiger partial charge < -0.3 is 10.4 Å². The summed E-state index contributed by atoms with van der Waals surface area (Å²) in [7, 11) is 0. The van der Waals surface area contributed by atoms with Gasteiger partial charge in [0.05, 0.1) is 0 Å². The van der Waals surface area contributed by atoms with Crippen LogP contribution in [0.1, 0.15) is 11.3 Å². The van der Waals surface area contributed by atoms with Gasteiger partial charge in [-0.1, -0.05) is 15.9 Å². The number of aliphatic hydroxyl groups is 1. The number of aliphatic hydroxyl groups excluding tert-OH is 1. The van der Waals surface area contributed by atoms with Crippen molar-refractivity contribution in [3.05, 3.63) is 80.4 Å². The predicted molar refractivity (Wildman–Crippen MR) is 112 cm³/mol. The Morgan fingerprint density at radius 1 is 1.17 bits per heavy atom. The van der Waals surface area contributed by atoms with E-state index in [0.29, 0.717) is 22.5 Å². The summed E-state index contributed by atoms with van der Waals surface area (Å²) in [5.74, 6) is -0.553. The molecule has 6 nitrogen and oxygen atoms in total. The number of carbonyl (C=O) groups excluding carboxylic acids is 1. The first-order chi connectivity index (χ1) is 13.9. The van der Waals surface area contributed by atoms with Crippen LogP contribution in [0, 0.1) is 12.7 Å². The molecule has 0 bridgehead atoms. The van der Waals surface area contributed by atoms with Gasteiger partial charge >= 0.3 is 0 Å². The minimum Gasteiger partial charge on any atom is -0.396 e. The van der Waals surface area contributed by atoms with Crippen LogP contribution in [-0.4, -0.2) is 27.2 Å². The first kappa shape index (κ1) is 20.9. The van der Waals surface area contributed by atoms with Crippen LogP contribution in [0.5, 0.6) is 0 Å². The number of halogens is 2. The van der Waals surface area contributed by atoms with Gasteiger partial charge in [-0.2, -0.15) is 0 Å². The summed E-state index contributed by atoms with van der Waals surface area (Å²) in [6, 6.07) is 12.6. The minimum atomic E-state index is -0.413. The van der Waals surface area contributed by atoms with Crippen molar-refractivity contribution >= 4 is 27.5 Å². The standard InChI is InChI=1S/C21H19BrFN3O3/c1-13-18(10-11-27)21(29)26(20(24-13)14-2-6-16(23)7-3-14)12-19(28)25-17-8-4-15(22)5-9-17/h2-9,27H,10-12H2,1H3,(H,25,28). The maximum absolute atomic E-state index is 13.3. The lowest BCUT2D eigenvalue weighted by molar-refractivity contribution is -0.116. The van der Waals surface area contributed by atoms with Crippen LogP contribution in [-0.2, 0) is 17.8 Å². The first-order valence-electron chi connectivity index (χ1n) is 8.91. The summed E-state index contributed by atoms with van der Waals surface area (Å²) in [6.45, 7) is 1.19. The zero-order valence-corrected chi connectivity index (χ0v) is 17.2. The number of nitrogens with one attached hydrogen (secondary N) is 1. The summed E-state index contributed by atoms with van der Waals surface area (Å²) in [6.07, 6.45) is 0.135. The Balaban J connectivity index is 2.01. The van der Waals surface area contributed by atoms with E-state index in [-0.39, 0.29) is 25.4 Å². The molecule has 0 aliphatic carbocycles. The third-order valence-corrected chi connectivity index (χ3v) is 4.89. The second-order valence-electron chi connectivity index (χ2n) is 6.43. The van der Waals surface area contributed by atoms with Crippen LogP contribution in [0.3, 0.4) is 0 Å². The Hall–Kier alpha value is -2.84. The number of aromatic nitrogens is 2. The van der Waals surface area contributed by atoms with Crippen molar-refractivity contribution < 1.29 is 14.3 Å². The maximum atomic E-state index is 13.3. The molecule has 0 fully saturated rings. The highest BCUT2D eigenvalue weighted by atomic mass is 79.9. The number of carbonyl (C=O) groups is 1. The number of aryl methyl sites for hydroxylation is 1. The van der Waals surface area contributed by atoms with Gasteiger partial charge in [0.2, 0.25) is 5.91 Å². The lowest BCUT2D eigenvalue weighted by Crippen LogP contribution is -2.33. The van der Waals surface area contributed by atoms with Gasteiger partial charge in [0.15, 0.2) is 0 Å². The van der Waals surface area contributed by atoms with E-state index in [1.165, 1.54) is 28.8 Å². The highest BCUT2D eigenvalue weighted by molar-refractivity contribution is 9.10. The molecule has 3 aromatic rings. The van der Waals surface area contributed by atoms with E-state index in [1.54, 1.807) is 31.2 Å². The molecule has 8 heteroatoms. The summed E-state index contributed by atoms with van der Waals surface area (Å²) >= 11 is 3.33. The topological polar surface area (TPSA) is 84.2 Å². The van der Waals surface area contributed by atoms with Crippen molar-refractivity contribution in [1.29, 1.82) is 0 Å². The Bertz CT molecular complexity index is 1080. The molecule has 0 aliphatic rings. The largest absolute Gasteiger partial charge is 0.396 e. The minimum absolute atomic E-state index is 0.135. The fourth-order valence-corrected chi connectivity index (χ4v) is 3.21. The van der Waals surface area contributed by atoms with Crippen molar-refractivity contribution in [2.75, 3.05) is 11.9 Å². The molecule has 0 spiro atoms. The van der Waals surface area contributed by atoms with E-state index < -0.39 is 17.3 Å². The van der Waals surface area contributed by atoms with Crippen molar-refractivity contribution in [1.82, 2.24) is 9.55 Å². The molecular formula is C21H19BrFN3O3. The van der Waals surface area contributed by atoms with Crippen LogP contribution in [0.25, 0.3) is 11.4 Å².